The number of sulfonamides is 1. The van der Waals surface area contributed by atoms with E-state index in [4.69, 9.17) is 36.9 Å². The monoisotopic (exact) mass is 628 g/mol. The fourth-order valence-electron chi connectivity index (χ4n) is 3.80. The number of hydrogen-bond acceptors (Lipinski definition) is 9. The highest BCUT2D eigenvalue weighted by Crippen LogP contribution is 2.37. The Balaban J connectivity index is 1.66. The molecule has 2 heterocycles. The summed E-state index contributed by atoms with van der Waals surface area (Å²) in [4.78, 5) is 16.4. The minimum atomic E-state index is -4.23. The number of nitrogens with zero attached hydrogens (tertiary/aromatic N) is 2. The lowest BCUT2D eigenvalue weighted by Crippen LogP contribution is -2.46. The van der Waals surface area contributed by atoms with Gasteiger partial charge in [0.25, 0.3) is 20.1 Å². The number of carbonyl (C=O) groups excluding carboxylic acids is 1. The van der Waals surface area contributed by atoms with Crippen molar-refractivity contribution in [3.63, 3.8) is 0 Å². The van der Waals surface area contributed by atoms with Crippen LogP contribution < -0.4 is 9.04 Å². The first-order chi connectivity index (χ1) is 18.6. The fraction of sp³-hybridized carbons (Fsp3) is 0.308. The Labute approximate surface area is 243 Å². The number of halogens is 2. The zero-order chi connectivity index (χ0) is 29.3. The molecule has 0 bridgehead atoms. The second-order valence-corrected chi connectivity index (χ2v) is 14.2. The van der Waals surface area contributed by atoms with Crippen LogP contribution in [-0.2, 0) is 40.3 Å². The van der Waals surface area contributed by atoms with E-state index in [1.165, 1.54) is 60.8 Å². The van der Waals surface area contributed by atoms with Crippen molar-refractivity contribution in [3.05, 3.63) is 76.4 Å². The van der Waals surface area contributed by atoms with Gasteiger partial charge in [0.1, 0.15) is 24.0 Å². The summed E-state index contributed by atoms with van der Waals surface area (Å²) in [5.41, 5.74) is -0.251. The average molecular weight is 630 g/mol. The molecule has 4 rings (SSSR count). The topological polar surface area (TPSA) is 129 Å². The van der Waals surface area contributed by atoms with Crippen LogP contribution in [0.15, 0.2) is 70.6 Å². The maximum absolute atomic E-state index is 13.7. The fourth-order valence-corrected chi connectivity index (χ4v) is 6.82. The lowest BCUT2D eigenvalue weighted by molar-refractivity contribution is -0.153. The van der Waals surface area contributed by atoms with Crippen molar-refractivity contribution in [1.29, 1.82) is 0 Å². The number of hydrogen-bond donors (Lipinski definition) is 0. The predicted molar refractivity (Wildman–Crippen MR) is 149 cm³/mol. The first-order valence-corrected chi connectivity index (χ1v) is 15.6. The second kappa shape index (κ2) is 11.5. The van der Waals surface area contributed by atoms with Crippen LogP contribution in [0, 0.1) is 0 Å². The van der Waals surface area contributed by atoms with Crippen LogP contribution in [0.5, 0.6) is 5.88 Å². The summed E-state index contributed by atoms with van der Waals surface area (Å²) >= 11 is 12.0. The lowest BCUT2D eigenvalue weighted by Gasteiger charge is -2.34. The van der Waals surface area contributed by atoms with Gasteiger partial charge in [-0.15, -0.1) is 0 Å². The van der Waals surface area contributed by atoms with Crippen LogP contribution in [0.25, 0.3) is 0 Å². The molecule has 214 valence electrons. The van der Waals surface area contributed by atoms with Crippen LogP contribution in [-0.4, -0.2) is 52.6 Å². The summed E-state index contributed by atoms with van der Waals surface area (Å²) in [6, 6.07) is 12.7. The first-order valence-electron chi connectivity index (χ1n) is 11.9. The number of pyridine rings is 1. The Hall–Kier alpha value is -2.90. The summed E-state index contributed by atoms with van der Waals surface area (Å²) in [5, 5.41) is 0.413. The molecule has 1 atom stereocenters. The molecule has 0 fully saturated rings. The minimum Gasteiger partial charge on any atom is -0.468 e. The van der Waals surface area contributed by atoms with Gasteiger partial charge in [-0.1, -0.05) is 35.3 Å². The number of rotatable bonds is 8. The van der Waals surface area contributed by atoms with E-state index >= 15 is 0 Å². The third-order valence-electron chi connectivity index (χ3n) is 5.45. The Morgan fingerprint density at radius 1 is 1.02 bits per heavy atom. The number of carbonyl (C=O) groups is 1. The van der Waals surface area contributed by atoms with Crippen molar-refractivity contribution < 1.29 is 35.3 Å². The zero-order valence-corrected chi connectivity index (χ0v) is 24.8. The zero-order valence-electron chi connectivity index (χ0n) is 21.7. The van der Waals surface area contributed by atoms with Crippen LogP contribution in [0.1, 0.15) is 26.3 Å². The molecule has 1 aromatic heterocycles. The third-order valence-corrected chi connectivity index (χ3v) is 8.98. The smallest absolute Gasteiger partial charge is 0.310 e. The lowest BCUT2D eigenvalue weighted by atomic mass is 10.1. The highest BCUT2D eigenvalue weighted by molar-refractivity contribution is 7.92. The van der Waals surface area contributed by atoms with Crippen LogP contribution in [0.3, 0.4) is 0 Å². The van der Waals surface area contributed by atoms with Gasteiger partial charge in [-0.25, -0.2) is 13.4 Å². The molecule has 0 aliphatic carbocycles. The van der Waals surface area contributed by atoms with Gasteiger partial charge < -0.3 is 9.47 Å². The van der Waals surface area contributed by atoms with E-state index in [1.807, 2.05) is 0 Å². The first kappa shape index (κ1) is 30.1. The van der Waals surface area contributed by atoms with Crippen molar-refractivity contribution >= 4 is 55.0 Å². The van der Waals surface area contributed by atoms with Gasteiger partial charge in [-0.05, 0) is 68.8 Å². The van der Waals surface area contributed by atoms with E-state index in [-0.39, 0.29) is 44.4 Å². The number of ether oxygens (including phenoxy) is 2. The Bertz CT molecular complexity index is 1640. The Morgan fingerprint density at radius 3 is 2.27 bits per heavy atom. The van der Waals surface area contributed by atoms with E-state index in [9.17, 15) is 21.6 Å². The van der Waals surface area contributed by atoms with Gasteiger partial charge in [0.05, 0.1) is 22.8 Å². The van der Waals surface area contributed by atoms with Gasteiger partial charge in [0, 0.05) is 16.2 Å². The molecule has 0 saturated carbocycles. The summed E-state index contributed by atoms with van der Waals surface area (Å²) in [6.45, 7) is 4.37. The maximum Gasteiger partial charge on any atom is 0.310 e. The molecule has 0 spiro atoms. The number of benzene rings is 2. The molecule has 3 aromatic rings. The van der Waals surface area contributed by atoms with E-state index < -0.39 is 44.4 Å². The van der Waals surface area contributed by atoms with Crippen molar-refractivity contribution in [2.45, 2.75) is 48.7 Å². The Morgan fingerprint density at radius 2 is 1.65 bits per heavy atom. The molecule has 14 heteroatoms. The van der Waals surface area contributed by atoms with Gasteiger partial charge in [0.15, 0.2) is 0 Å². The number of aromatic nitrogens is 1. The third kappa shape index (κ3) is 7.24. The average Bonchev–Trinajstić information content (AvgIpc) is 2.86. The highest BCUT2D eigenvalue weighted by atomic mass is 35.5. The largest absolute Gasteiger partial charge is 0.468 e. The summed E-state index contributed by atoms with van der Waals surface area (Å²) in [5.74, 6) is -0.605. The van der Waals surface area contributed by atoms with E-state index in [0.717, 1.165) is 4.31 Å². The van der Waals surface area contributed by atoms with Gasteiger partial charge in [-0.3, -0.25) is 13.3 Å². The predicted octanol–water partition coefficient (Wildman–Crippen LogP) is 4.63. The summed E-state index contributed by atoms with van der Waals surface area (Å²) in [6.07, 6.45) is 0.144. The molecule has 1 aliphatic heterocycles. The van der Waals surface area contributed by atoms with Gasteiger partial charge in [0.2, 0.25) is 5.88 Å². The second-order valence-electron chi connectivity index (χ2n) is 9.86. The normalized spacial score (nSPS) is 15.7. The quantitative estimate of drug-likeness (QED) is 0.259. The SMILES string of the molecule is CC(C)(C)OC(=O)Cc1cnc2c(c1)N(S(=O)(=O)c1cccc(Cl)c1)C[C@H](COS(=O)(=O)c1cccc(Cl)c1)O2. The molecule has 1 aliphatic rings. The van der Waals surface area contributed by atoms with Crippen molar-refractivity contribution in [2.75, 3.05) is 17.5 Å². The maximum atomic E-state index is 13.7. The van der Waals surface area contributed by atoms with Gasteiger partial charge in [-0.2, -0.15) is 8.42 Å². The molecular formula is C26H26Cl2N2O8S2. The van der Waals surface area contributed by atoms with E-state index in [0.29, 0.717) is 5.56 Å². The van der Waals surface area contributed by atoms with Crippen molar-refractivity contribution in [2.24, 2.45) is 0 Å². The molecule has 10 nitrogen and oxygen atoms in total. The molecule has 0 unspecified atom stereocenters. The van der Waals surface area contributed by atoms with Gasteiger partial charge >= 0.3 is 5.97 Å². The Kier molecular flexibility index (Phi) is 8.67. The molecule has 0 saturated heterocycles. The number of anilines is 1. The van der Waals surface area contributed by atoms with E-state index in [1.54, 1.807) is 20.8 Å². The highest BCUT2D eigenvalue weighted by Gasteiger charge is 2.37. The van der Waals surface area contributed by atoms with Crippen molar-refractivity contribution in [3.8, 4) is 5.88 Å². The van der Waals surface area contributed by atoms with Crippen LogP contribution in [0.2, 0.25) is 10.0 Å². The van der Waals surface area contributed by atoms with Crippen LogP contribution >= 0.6 is 23.2 Å². The number of esters is 1. The number of fused-ring (bicyclic) bond motifs is 1. The molecule has 0 amide bonds. The molecule has 40 heavy (non-hydrogen) atoms. The molecule has 0 N–H and O–H groups in total. The van der Waals surface area contributed by atoms with Crippen molar-refractivity contribution in [1.82, 2.24) is 4.98 Å². The standard InChI is InChI=1S/C26H26Cl2N2O8S2/c1-26(2,3)38-24(31)11-17-10-23-25(29-14-17)37-20(16-36-40(34,35)22-9-5-7-19(28)13-22)15-30(23)39(32,33)21-8-4-6-18(27)12-21/h4-10,12-14,20H,11,15-16H2,1-3H3/t20-/m1/s1. The summed E-state index contributed by atoms with van der Waals surface area (Å²) in [7, 11) is -8.45. The summed E-state index contributed by atoms with van der Waals surface area (Å²) < 4.78 is 70.3. The van der Waals surface area contributed by atoms with Crippen LogP contribution in [0.4, 0.5) is 5.69 Å². The molecular weight excluding hydrogens is 603 g/mol. The minimum absolute atomic E-state index is 0.0648. The molecule has 2 aromatic carbocycles. The van der Waals surface area contributed by atoms with E-state index in [2.05, 4.69) is 4.98 Å². The molecule has 0 radical (unpaired) electrons.